The molecule has 2 aromatic carbocycles. The van der Waals surface area contributed by atoms with E-state index < -0.39 is 0 Å². The predicted molar refractivity (Wildman–Crippen MR) is 83.4 cm³/mol. The molecule has 0 saturated carbocycles. The van der Waals surface area contributed by atoms with E-state index in [2.05, 4.69) is 22.6 Å². The lowest BCUT2D eigenvalue weighted by molar-refractivity contribution is 0.476. The summed E-state index contributed by atoms with van der Waals surface area (Å²) in [5.41, 5.74) is 6.56. The second-order valence-electron chi connectivity index (χ2n) is 3.81. The first-order chi connectivity index (χ1) is 8.70. The van der Waals surface area contributed by atoms with Crippen LogP contribution in [0.2, 0.25) is 5.02 Å². The van der Waals surface area contributed by atoms with Gasteiger partial charge >= 0.3 is 0 Å². The van der Waals surface area contributed by atoms with E-state index in [0.29, 0.717) is 18.0 Å². The van der Waals surface area contributed by atoms with Crippen molar-refractivity contribution in [3.8, 4) is 11.5 Å². The summed E-state index contributed by atoms with van der Waals surface area (Å²) in [6.45, 7) is 0.548. The predicted octanol–water partition coefficient (Wildman–Crippen LogP) is 4.24. The highest BCUT2D eigenvalue weighted by molar-refractivity contribution is 14.1. The number of benzene rings is 2. The van der Waals surface area contributed by atoms with E-state index in [9.17, 15) is 0 Å². The first kappa shape index (κ1) is 13.6. The lowest BCUT2D eigenvalue weighted by atomic mass is 10.1. The molecular formula is C14H13ClINO. The zero-order valence-electron chi connectivity index (χ0n) is 9.70. The van der Waals surface area contributed by atoms with Gasteiger partial charge in [0.1, 0.15) is 11.5 Å². The van der Waals surface area contributed by atoms with E-state index >= 15 is 0 Å². The summed E-state index contributed by atoms with van der Waals surface area (Å²) in [7, 11) is 0. The number of hydrogen-bond donors (Lipinski definition) is 1. The molecule has 0 amide bonds. The zero-order chi connectivity index (χ0) is 13.0. The van der Waals surface area contributed by atoms with E-state index in [-0.39, 0.29) is 0 Å². The van der Waals surface area contributed by atoms with Crippen LogP contribution >= 0.6 is 34.2 Å². The minimum atomic E-state index is 0.548. The van der Waals surface area contributed by atoms with Crippen LogP contribution in [0.25, 0.3) is 0 Å². The van der Waals surface area contributed by atoms with Crippen molar-refractivity contribution in [3.05, 3.63) is 56.6 Å². The molecule has 94 valence electrons. The van der Waals surface area contributed by atoms with Crippen molar-refractivity contribution in [2.24, 2.45) is 5.73 Å². The maximum Gasteiger partial charge on any atom is 0.132 e. The second-order valence-corrected chi connectivity index (χ2v) is 5.47. The Morgan fingerprint density at radius 1 is 1.17 bits per heavy atom. The molecule has 0 heterocycles. The maximum absolute atomic E-state index is 6.17. The average Bonchev–Trinajstić information content (AvgIpc) is 2.34. The Balaban J connectivity index is 2.31. The van der Waals surface area contributed by atoms with Crippen molar-refractivity contribution in [3.63, 3.8) is 0 Å². The third-order valence-corrected chi connectivity index (χ3v) is 3.52. The topological polar surface area (TPSA) is 35.2 Å². The molecule has 0 bridgehead atoms. The number of rotatable bonds is 4. The molecule has 0 saturated heterocycles. The van der Waals surface area contributed by atoms with Crippen LogP contribution in [0.5, 0.6) is 11.5 Å². The van der Waals surface area contributed by atoms with Gasteiger partial charge < -0.3 is 10.5 Å². The summed E-state index contributed by atoms with van der Waals surface area (Å²) < 4.78 is 7.01. The summed E-state index contributed by atoms with van der Waals surface area (Å²) in [4.78, 5) is 0. The van der Waals surface area contributed by atoms with Crippen LogP contribution in [-0.4, -0.2) is 6.54 Å². The average molecular weight is 374 g/mol. The standard InChI is InChI=1S/C14H13ClINO/c15-13-5-2-6-14(12(13)7-8-17)18-11-4-1-3-10(16)9-11/h1-6,9H,7-8,17H2. The Morgan fingerprint density at radius 2 is 1.94 bits per heavy atom. The molecule has 0 aromatic heterocycles. The Kier molecular flexibility index (Phi) is 4.86. The van der Waals surface area contributed by atoms with Gasteiger partial charge in [0.25, 0.3) is 0 Å². The molecule has 0 atom stereocenters. The first-order valence-corrected chi connectivity index (χ1v) is 7.07. The SMILES string of the molecule is NCCc1c(Cl)cccc1Oc1cccc(I)c1. The van der Waals surface area contributed by atoms with Gasteiger partial charge in [-0.15, -0.1) is 0 Å². The van der Waals surface area contributed by atoms with Gasteiger partial charge in [0.05, 0.1) is 0 Å². The lowest BCUT2D eigenvalue weighted by Gasteiger charge is -2.12. The van der Waals surface area contributed by atoms with Gasteiger partial charge in [0, 0.05) is 14.2 Å². The fourth-order valence-electron chi connectivity index (χ4n) is 1.68. The van der Waals surface area contributed by atoms with Crippen molar-refractivity contribution in [2.75, 3.05) is 6.54 Å². The van der Waals surface area contributed by atoms with Crippen LogP contribution in [0.15, 0.2) is 42.5 Å². The van der Waals surface area contributed by atoms with Crippen molar-refractivity contribution in [1.82, 2.24) is 0 Å². The van der Waals surface area contributed by atoms with E-state index in [1.165, 1.54) is 0 Å². The lowest BCUT2D eigenvalue weighted by Crippen LogP contribution is -2.04. The minimum absolute atomic E-state index is 0.548. The summed E-state index contributed by atoms with van der Waals surface area (Å²) in [6, 6.07) is 13.5. The van der Waals surface area contributed by atoms with Gasteiger partial charge in [0.15, 0.2) is 0 Å². The molecule has 0 spiro atoms. The third kappa shape index (κ3) is 3.37. The van der Waals surface area contributed by atoms with E-state index in [4.69, 9.17) is 22.1 Å². The molecule has 2 N–H and O–H groups in total. The Hall–Kier alpha value is -0.780. The molecule has 0 fully saturated rings. The van der Waals surface area contributed by atoms with Gasteiger partial charge in [-0.3, -0.25) is 0 Å². The van der Waals surface area contributed by atoms with Gasteiger partial charge in [-0.05, 0) is 65.9 Å². The van der Waals surface area contributed by atoms with Crippen LogP contribution in [0, 0.1) is 3.57 Å². The molecule has 2 rings (SSSR count). The fraction of sp³-hybridized carbons (Fsp3) is 0.143. The Morgan fingerprint density at radius 3 is 2.67 bits per heavy atom. The van der Waals surface area contributed by atoms with Crippen molar-refractivity contribution in [2.45, 2.75) is 6.42 Å². The normalized spacial score (nSPS) is 10.4. The van der Waals surface area contributed by atoms with Crippen LogP contribution in [0.4, 0.5) is 0 Å². The fourth-order valence-corrected chi connectivity index (χ4v) is 2.45. The highest BCUT2D eigenvalue weighted by atomic mass is 127. The maximum atomic E-state index is 6.17. The zero-order valence-corrected chi connectivity index (χ0v) is 12.6. The summed E-state index contributed by atoms with van der Waals surface area (Å²) in [5, 5.41) is 0.698. The van der Waals surface area contributed by atoms with Gasteiger partial charge in [-0.25, -0.2) is 0 Å². The number of ether oxygens (including phenoxy) is 1. The molecule has 4 heteroatoms. The van der Waals surface area contributed by atoms with Crippen LogP contribution in [0.3, 0.4) is 0 Å². The highest BCUT2D eigenvalue weighted by Crippen LogP contribution is 2.31. The van der Waals surface area contributed by atoms with Crippen LogP contribution in [0.1, 0.15) is 5.56 Å². The van der Waals surface area contributed by atoms with Crippen molar-refractivity contribution < 1.29 is 4.74 Å². The number of halogens is 2. The van der Waals surface area contributed by atoms with Gasteiger partial charge in [-0.1, -0.05) is 23.7 Å². The van der Waals surface area contributed by atoms with E-state index in [1.807, 2.05) is 42.5 Å². The monoisotopic (exact) mass is 373 g/mol. The summed E-state index contributed by atoms with van der Waals surface area (Å²) in [6.07, 6.45) is 0.707. The molecule has 0 aliphatic carbocycles. The number of nitrogens with two attached hydrogens (primary N) is 1. The van der Waals surface area contributed by atoms with E-state index in [1.54, 1.807) is 0 Å². The minimum Gasteiger partial charge on any atom is -0.457 e. The summed E-state index contributed by atoms with van der Waals surface area (Å²) >= 11 is 8.42. The van der Waals surface area contributed by atoms with Gasteiger partial charge in [-0.2, -0.15) is 0 Å². The van der Waals surface area contributed by atoms with Crippen LogP contribution in [-0.2, 0) is 6.42 Å². The third-order valence-electron chi connectivity index (χ3n) is 2.49. The Bertz CT molecular complexity index is 545. The molecule has 0 radical (unpaired) electrons. The number of hydrogen-bond acceptors (Lipinski definition) is 2. The highest BCUT2D eigenvalue weighted by Gasteiger charge is 2.08. The van der Waals surface area contributed by atoms with Crippen molar-refractivity contribution >= 4 is 34.2 Å². The molecule has 0 aliphatic heterocycles. The van der Waals surface area contributed by atoms with Gasteiger partial charge in [0.2, 0.25) is 0 Å². The molecule has 0 unspecified atom stereocenters. The second kappa shape index (κ2) is 6.41. The molecule has 0 aliphatic rings. The quantitative estimate of drug-likeness (QED) is 0.814. The van der Waals surface area contributed by atoms with Crippen LogP contribution < -0.4 is 10.5 Å². The molecule has 2 aromatic rings. The first-order valence-electron chi connectivity index (χ1n) is 5.61. The van der Waals surface area contributed by atoms with Crippen molar-refractivity contribution in [1.29, 1.82) is 0 Å². The molecule has 2 nitrogen and oxygen atoms in total. The Labute approximate surface area is 125 Å². The molecular weight excluding hydrogens is 361 g/mol. The molecule has 18 heavy (non-hydrogen) atoms. The largest absolute Gasteiger partial charge is 0.457 e. The summed E-state index contributed by atoms with van der Waals surface area (Å²) in [5.74, 6) is 1.58. The van der Waals surface area contributed by atoms with E-state index in [0.717, 1.165) is 20.6 Å². The smallest absolute Gasteiger partial charge is 0.132 e.